The van der Waals surface area contributed by atoms with Crippen LogP contribution in [0.15, 0.2) is 159 Å². The molecule has 0 saturated carbocycles. The predicted molar refractivity (Wildman–Crippen MR) is 175 cm³/mol. The molecule has 0 aliphatic rings. The molecule has 2 heteroatoms. The fraction of sp³-hybridized carbons (Fsp3) is 0. The van der Waals surface area contributed by atoms with E-state index in [1.807, 2.05) is 0 Å². The van der Waals surface area contributed by atoms with Crippen molar-refractivity contribution in [1.82, 2.24) is 0 Å². The molecule has 0 aromatic heterocycles. The van der Waals surface area contributed by atoms with E-state index in [0.717, 1.165) is 21.8 Å². The SMILES string of the molecule is C=C(c1ccc(C(=C)P(=C)(c2ccccc2)c2ccccc2)cc1)[P+](=Cc1ccccc1)c1ccccc1. The fourth-order valence-electron chi connectivity index (χ4n) is 4.63. The smallest absolute Gasteiger partial charge is 0.0901 e. The van der Waals surface area contributed by atoms with Gasteiger partial charge in [0.1, 0.15) is 5.80 Å². The highest BCUT2D eigenvalue weighted by atomic mass is 31.2. The van der Waals surface area contributed by atoms with Crippen molar-refractivity contribution in [3.8, 4) is 0 Å². The van der Waals surface area contributed by atoms with Gasteiger partial charge in [0, 0.05) is 11.1 Å². The summed E-state index contributed by atoms with van der Waals surface area (Å²) in [6.45, 7) is 7.10. The van der Waals surface area contributed by atoms with E-state index >= 15 is 0 Å². The van der Waals surface area contributed by atoms with Crippen LogP contribution in [0.5, 0.6) is 0 Å². The van der Waals surface area contributed by atoms with Crippen molar-refractivity contribution < 1.29 is 0 Å². The standard InChI is InChI=1S/C36H31P2/c1-29(37(34-18-10-5-11-19-34)28-31-16-8-4-9-17-31)32-24-26-33(27-25-32)30(2)38(3,35-20-12-6-13-21-35)36-22-14-7-15-23-36/h4-28H,1-3H2/q+1. The summed E-state index contributed by atoms with van der Waals surface area (Å²) < 4.78 is 0. The second-order valence-electron chi connectivity index (χ2n) is 9.20. The summed E-state index contributed by atoms with van der Waals surface area (Å²) >= 11 is 0. The van der Waals surface area contributed by atoms with Crippen LogP contribution in [0.3, 0.4) is 0 Å². The van der Waals surface area contributed by atoms with E-state index in [9.17, 15) is 0 Å². The molecule has 0 aliphatic carbocycles. The number of benzene rings is 5. The number of hydrogen-bond donors (Lipinski definition) is 0. The highest BCUT2D eigenvalue weighted by Gasteiger charge is 2.25. The van der Waals surface area contributed by atoms with Gasteiger partial charge in [-0.15, -0.1) is 0 Å². The van der Waals surface area contributed by atoms with E-state index in [4.69, 9.17) is 6.30 Å². The van der Waals surface area contributed by atoms with Gasteiger partial charge in [0.05, 0.1) is 0 Å². The Balaban J connectivity index is 1.52. The zero-order valence-electron chi connectivity index (χ0n) is 21.4. The summed E-state index contributed by atoms with van der Waals surface area (Å²) in [6.07, 6.45) is 4.85. The molecule has 0 radical (unpaired) electrons. The largest absolute Gasteiger partial charge is 0.170 e. The molecule has 0 N–H and O–H groups in total. The molecule has 1 unspecified atom stereocenters. The van der Waals surface area contributed by atoms with Gasteiger partial charge in [0.2, 0.25) is 0 Å². The Morgan fingerprint density at radius 3 is 1.45 bits per heavy atom. The van der Waals surface area contributed by atoms with Crippen LogP contribution in [0.4, 0.5) is 0 Å². The van der Waals surface area contributed by atoms with Crippen LogP contribution in [0.2, 0.25) is 0 Å². The van der Waals surface area contributed by atoms with E-state index in [1.54, 1.807) is 0 Å². The van der Waals surface area contributed by atoms with Gasteiger partial charge in [0.15, 0.2) is 18.2 Å². The van der Waals surface area contributed by atoms with Crippen molar-refractivity contribution in [2.24, 2.45) is 0 Å². The average Bonchev–Trinajstić information content (AvgIpc) is 3.00. The Hall–Kier alpha value is -3.95. The molecular weight excluding hydrogens is 494 g/mol. The maximum atomic E-state index is 4.85. The van der Waals surface area contributed by atoms with Gasteiger partial charge in [-0.05, 0) is 59.2 Å². The first kappa shape index (κ1) is 25.7. The Kier molecular flexibility index (Phi) is 7.86. The maximum Gasteiger partial charge on any atom is 0.170 e. The molecule has 0 amide bonds. The quantitative estimate of drug-likeness (QED) is 0.179. The van der Waals surface area contributed by atoms with Crippen LogP contribution in [-0.4, -0.2) is 12.1 Å². The van der Waals surface area contributed by atoms with Gasteiger partial charge in [-0.1, -0.05) is 134 Å². The molecule has 184 valence electrons. The molecule has 0 fully saturated rings. The lowest BCUT2D eigenvalue weighted by atomic mass is 10.1. The molecule has 0 bridgehead atoms. The minimum atomic E-state index is -2.11. The molecule has 5 aromatic rings. The van der Waals surface area contributed by atoms with Gasteiger partial charge in [0.25, 0.3) is 0 Å². The normalized spacial score (nSPS) is 11.6. The van der Waals surface area contributed by atoms with Crippen LogP contribution >= 0.6 is 14.4 Å². The number of rotatable bonds is 8. The summed E-state index contributed by atoms with van der Waals surface area (Å²) in [6, 6.07) is 51.2. The minimum absolute atomic E-state index is 0.737. The fourth-order valence-corrected chi connectivity index (χ4v) is 9.51. The average molecular weight is 526 g/mol. The second kappa shape index (κ2) is 11.6. The molecule has 0 saturated heterocycles. The van der Waals surface area contributed by atoms with Crippen LogP contribution in [0.1, 0.15) is 16.7 Å². The Morgan fingerprint density at radius 1 is 0.526 bits per heavy atom. The third-order valence-corrected chi connectivity index (χ3v) is 12.6. The summed E-state index contributed by atoms with van der Waals surface area (Å²) in [5, 5.41) is 5.97. The van der Waals surface area contributed by atoms with E-state index in [1.165, 1.54) is 21.5 Å². The lowest BCUT2D eigenvalue weighted by Crippen LogP contribution is -2.17. The first-order valence-electron chi connectivity index (χ1n) is 12.7. The minimum Gasteiger partial charge on any atom is -0.0901 e. The molecule has 5 aromatic carbocycles. The van der Waals surface area contributed by atoms with Gasteiger partial charge < -0.3 is 0 Å². The predicted octanol–water partition coefficient (Wildman–Crippen LogP) is 8.39. The summed E-state index contributed by atoms with van der Waals surface area (Å²) in [7, 11) is -0.737. The molecule has 0 aliphatic heterocycles. The molecule has 0 nitrogen and oxygen atoms in total. The van der Waals surface area contributed by atoms with Crippen molar-refractivity contribution in [3.05, 3.63) is 175 Å². The first-order chi connectivity index (χ1) is 18.6. The third kappa shape index (κ3) is 5.34. The zero-order chi connectivity index (χ0) is 26.4. The second-order valence-corrected chi connectivity index (χ2v) is 14.4. The topological polar surface area (TPSA) is 0 Å². The van der Waals surface area contributed by atoms with Crippen molar-refractivity contribution in [1.29, 1.82) is 0 Å². The molecule has 38 heavy (non-hydrogen) atoms. The monoisotopic (exact) mass is 525 g/mol. The van der Waals surface area contributed by atoms with E-state index in [2.05, 4.69) is 165 Å². The van der Waals surface area contributed by atoms with Gasteiger partial charge in [-0.3, -0.25) is 0 Å². The van der Waals surface area contributed by atoms with Gasteiger partial charge in [-0.25, -0.2) is 0 Å². The molecule has 0 heterocycles. The van der Waals surface area contributed by atoms with Crippen molar-refractivity contribution in [2.45, 2.75) is 0 Å². The molecule has 0 spiro atoms. The Morgan fingerprint density at radius 2 is 0.947 bits per heavy atom. The summed E-state index contributed by atoms with van der Waals surface area (Å²) in [4.78, 5) is 0. The van der Waals surface area contributed by atoms with Crippen LogP contribution < -0.4 is 15.9 Å². The maximum absolute atomic E-state index is 4.85. The van der Waals surface area contributed by atoms with Gasteiger partial charge in [-0.2, -0.15) is 0 Å². The Labute approximate surface area is 228 Å². The van der Waals surface area contributed by atoms with E-state index in [0.29, 0.717) is 0 Å². The van der Waals surface area contributed by atoms with Crippen molar-refractivity contribution >= 4 is 53.1 Å². The van der Waals surface area contributed by atoms with Crippen molar-refractivity contribution in [2.75, 3.05) is 0 Å². The van der Waals surface area contributed by atoms with Crippen LogP contribution in [-0.2, 0) is 0 Å². The van der Waals surface area contributed by atoms with Crippen molar-refractivity contribution in [3.63, 3.8) is 0 Å². The van der Waals surface area contributed by atoms with E-state index in [-0.39, 0.29) is 0 Å². The molecular formula is C36H31P2+. The highest BCUT2D eigenvalue weighted by molar-refractivity contribution is 7.95. The number of hydrogen-bond acceptors (Lipinski definition) is 0. The molecule has 5 rings (SSSR count). The first-order valence-corrected chi connectivity index (χ1v) is 16.0. The summed E-state index contributed by atoms with van der Waals surface area (Å²) in [5.41, 5.74) is 3.48. The highest BCUT2D eigenvalue weighted by Crippen LogP contribution is 2.55. The molecule has 1 atom stereocenters. The van der Waals surface area contributed by atoms with E-state index < -0.39 is 14.4 Å². The van der Waals surface area contributed by atoms with Crippen LogP contribution in [0.25, 0.3) is 10.6 Å². The lowest BCUT2D eigenvalue weighted by molar-refractivity contribution is 1.61. The zero-order valence-corrected chi connectivity index (χ0v) is 23.2. The third-order valence-electron chi connectivity index (χ3n) is 6.81. The Bertz CT molecular complexity index is 1570. The van der Waals surface area contributed by atoms with Gasteiger partial charge >= 0.3 is 0 Å². The summed E-state index contributed by atoms with van der Waals surface area (Å²) in [5.74, 6) is 2.36. The van der Waals surface area contributed by atoms with Crippen LogP contribution in [0, 0.1) is 0 Å². The lowest BCUT2D eigenvalue weighted by Gasteiger charge is -2.28.